The number of aromatic nitrogens is 1. The molecular formula is C26H30N4O4S. The summed E-state index contributed by atoms with van der Waals surface area (Å²) < 4.78 is 5.43. The van der Waals surface area contributed by atoms with Crippen molar-refractivity contribution in [3.63, 3.8) is 0 Å². The fourth-order valence-corrected chi connectivity index (χ4v) is 4.65. The Balaban J connectivity index is 1.40. The van der Waals surface area contributed by atoms with E-state index >= 15 is 0 Å². The lowest BCUT2D eigenvalue weighted by molar-refractivity contribution is -0.125. The number of pyridine rings is 1. The van der Waals surface area contributed by atoms with Crippen molar-refractivity contribution in [1.82, 2.24) is 14.8 Å². The fraction of sp³-hybridized carbons (Fsp3) is 0.385. The average molecular weight is 495 g/mol. The van der Waals surface area contributed by atoms with E-state index in [1.54, 1.807) is 50.5 Å². The molecule has 9 heteroatoms. The van der Waals surface area contributed by atoms with Gasteiger partial charge in [-0.3, -0.25) is 14.5 Å². The number of nitrogens with one attached hydrogen (secondary N) is 1. The molecule has 0 radical (unpaired) electrons. The van der Waals surface area contributed by atoms with Gasteiger partial charge in [0.25, 0.3) is 0 Å². The number of hydrogen-bond donors (Lipinski definition) is 1. The molecule has 0 atom stereocenters. The van der Waals surface area contributed by atoms with E-state index in [9.17, 15) is 14.4 Å². The van der Waals surface area contributed by atoms with Crippen LogP contribution in [0.15, 0.2) is 47.5 Å². The van der Waals surface area contributed by atoms with E-state index in [-0.39, 0.29) is 24.9 Å². The molecule has 2 aromatic heterocycles. The monoisotopic (exact) mass is 494 g/mol. The lowest BCUT2D eigenvalue weighted by Gasteiger charge is -2.25. The van der Waals surface area contributed by atoms with Crippen molar-refractivity contribution in [1.29, 1.82) is 0 Å². The van der Waals surface area contributed by atoms with Crippen LogP contribution in [0.3, 0.4) is 0 Å². The van der Waals surface area contributed by atoms with Crippen molar-refractivity contribution in [2.24, 2.45) is 0 Å². The number of amides is 3. The number of rotatable bonds is 4. The van der Waals surface area contributed by atoms with Crippen LogP contribution < -0.4 is 5.32 Å². The van der Waals surface area contributed by atoms with E-state index < -0.39 is 11.7 Å². The first kappa shape index (κ1) is 24.7. The molecule has 8 nitrogen and oxygen atoms in total. The summed E-state index contributed by atoms with van der Waals surface area (Å²) in [5, 5.41) is 4.81. The predicted octanol–water partition coefficient (Wildman–Crippen LogP) is 4.25. The molecule has 0 unspecified atom stereocenters. The summed E-state index contributed by atoms with van der Waals surface area (Å²) in [5.74, 6) is 0.0104. The Morgan fingerprint density at radius 1 is 1.26 bits per heavy atom. The van der Waals surface area contributed by atoms with Crippen molar-refractivity contribution in [2.75, 3.05) is 25.0 Å². The van der Waals surface area contributed by atoms with Crippen molar-refractivity contribution in [2.45, 2.75) is 45.8 Å². The van der Waals surface area contributed by atoms with E-state index in [2.05, 4.69) is 33.9 Å². The summed E-state index contributed by atoms with van der Waals surface area (Å²) in [6, 6.07) is 6.02. The zero-order chi connectivity index (χ0) is 25.0. The number of carbonyl (C=O) groups is 3. The maximum atomic E-state index is 12.7. The van der Waals surface area contributed by atoms with Gasteiger partial charge >= 0.3 is 6.09 Å². The second-order valence-corrected chi connectivity index (χ2v) is 10.7. The summed E-state index contributed by atoms with van der Waals surface area (Å²) in [6.45, 7) is 6.69. The van der Waals surface area contributed by atoms with E-state index in [1.165, 1.54) is 15.4 Å². The first-order valence-electron chi connectivity index (χ1n) is 11.6. The van der Waals surface area contributed by atoms with Crippen LogP contribution in [-0.2, 0) is 27.3 Å². The molecule has 4 rings (SSSR count). The molecule has 2 aromatic rings. The van der Waals surface area contributed by atoms with Crippen LogP contribution in [0.4, 0.5) is 10.6 Å². The number of carbonyl (C=O) groups excluding carboxylic acids is 3. The third-order valence-corrected chi connectivity index (χ3v) is 6.48. The molecule has 35 heavy (non-hydrogen) atoms. The predicted molar refractivity (Wildman–Crippen MR) is 136 cm³/mol. The third kappa shape index (κ3) is 6.79. The lowest BCUT2D eigenvalue weighted by Crippen LogP contribution is -2.39. The molecule has 184 valence electrons. The Kier molecular flexibility index (Phi) is 7.35. The highest BCUT2D eigenvalue weighted by Gasteiger charge is 2.28. The Morgan fingerprint density at radius 2 is 2.09 bits per heavy atom. The molecular weight excluding hydrogens is 464 g/mol. The van der Waals surface area contributed by atoms with Crippen LogP contribution in [0.25, 0.3) is 6.08 Å². The molecule has 2 aliphatic rings. The number of hydrogen-bond acceptors (Lipinski definition) is 6. The van der Waals surface area contributed by atoms with Gasteiger partial charge < -0.3 is 15.0 Å². The topological polar surface area (TPSA) is 91.8 Å². The number of thiophene rings is 1. The van der Waals surface area contributed by atoms with Crippen LogP contribution in [-0.4, -0.2) is 57.9 Å². The summed E-state index contributed by atoms with van der Waals surface area (Å²) in [7, 11) is 0. The highest BCUT2D eigenvalue weighted by molar-refractivity contribution is 7.09. The molecule has 0 aromatic carbocycles. The number of ether oxygens (including phenoxy) is 1. The minimum Gasteiger partial charge on any atom is -0.444 e. The van der Waals surface area contributed by atoms with Crippen molar-refractivity contribution in [3.8, 4) is 0 Å². The van der Waals surface area contributed by atoms with Gasteiger partial charge in [0.15, 0.2) is 0 Å². The summed E-state index contributed by atoms with van der Waals surface area (Å²) in [4.78, 5) is 46.4. The van der Waals surface area contributed by atoms with Gasteiger partial charge in [0.2, 0.25) is 11.8 Å². The smallest absolute Gasteiger partial charge is 0.411 e. The van der Waals surface area contributed by atoms with Gasteiger partial charge in [-0.25, -0.2) is 9.78 Å². The SMILES string of the molecule is CC(C)(C)OC(=O)N1CC(=O)Nc2ncc(C=CC(=O)N3CC=C(Cc4cccs4)CC3)cc2C1. The first-order valence-corrected chi connectivity index (χ1v) is 12.5. The quantitative estimate of drug-likeness (QED) is 0.507. The molecule has 4 heterocycles. The minimum atomic E-state index is -0.666. The van der Waals surface area contributed by atoms with Crippen LogP contribution in [0.5, 0.6) is 0 Å². The van der Waals surface area contributed by atoms with E-state index in [4.69, 9.17) is 4.74 Å². The van der Waals surface area contributed by atoms with Gasteiger partial charge in [-0.15, -0.1) is 11.3 Å². The highest BCUT2D eigenvalue weighted by atomic mass is 32.1. The van der Waals surface area contributed by atoms with Gasteiger partial charge in [0.05, 0.1) is 6.54 Å². The van der Waals surface area contributed by atoms with Gasteiger partial charge in [0, 0.05) is 42.2 Å². The van der Waals surface area contributed by atoms with Crippen LogP contribution in [0.2, 0.25) is 0 Å². The number of nitrogens with zero attached hydrogens (tertiary/aromatic N) is 3. The largest absolute Gasteiger partial charge is 0.444 e. The second kappa shape index (κ2) is 10.4. The van der Waals surface area contributed by atoms with Crippen LogP contribution in [0, 0.1) is 0 Å². The summed E-state index contributed by atoms with van der Waals surface area (Å²) in [5.41, 5.74) is 2.09. The lowest BCUT2D eigenvalue weighted by atomic mass is 10.0. The normalized spacial score (nSPS) is 16.4. The van der Waals surface area contributed by atoms with Crippen molar-refractivity contribution < 1.29 is 19.1 Å². The molecule has 3 amide bonds. The second-order valence-electron chi connectivity index (χ2n) is 9.65. The van der Waals surface area contributed by atoms with Gasteiger partial charge in [0.1, 0.15) is 18.0 Å². The summed E-state index contributed by atoms with van der Waals surface area (Å²) >= 11 is 1.75. The Morgan fingerprint density at radius 3 is 2.77 bits per heavy atom. The molecule has 0 spiro atoms. The first-order chi connectivity index (χ1) is 16.7. The minimum absolute atomic E-state index is 0.0601. The van der Waals surface area contributed by atoms with E-state index in [1.807, 2.05) is 11.0 Å². The molecule has 2 aliphatic heterocycles. The van der Waals surface area contributed by atoms with E-state index in [0.29, 0.717) is 30.0 Å². The third-order valence-electron chi connectivity index (χ3n) is 5.61. The molecule has 0 fully saturated rings. The zero-order valence-corrected chi connectivity index (χ0v) is 21.1. The number of fused-ring (bicyclic) bond motifs is 1. The maximum Gasteiger partial charge on any atom is 0.411 e. The van der Waals surface area contributed by atoms with Crippen LogP contribution >= 0.6 is 11.3 Å². The van der Waals surface area contributed by atoms with Crippen LogP contribution in [0.1, 0.15) is 43.2 Å². The van der Waals surface area contributed by atoms with Gasteiger partial charge in [-0.1, -0.05) is 17.7 Å². The average Bonchev–Trinajstić information content (AvgIpc) is 3.24. The van der Waals surface area contributed by atoms with Crippen molar-refractivity contribution in [3.05, 3.63) is 63.5 Å². The zero-order valence-electron chi connectivity index (χ0n) is 20.2. The summed E-state index contributed by atoms with van der Waals surface area (Å²) in [6.07, 6.45) is 8.26. The molecule has 0 aliphatic carbocycles. The Labute approximate surface area is 209 Å². The highest BCUT2D eigenvalue weighted by Crippen LogP contribution is 2.23. The molecule has 1 N–H and O–H groups in total. The maximum absolute atomic E-state index is 12.7. The van der Waals surface area contributed by atoms with E-state index in [0.717, 1.165) is 12.8 Å². The Hall–Kier alpha value is -3.46. The molecule has 0 saturated carbocycles. The van der Waals surface area contributed by atoms with Crippen molar-refractivity contribution >= 4 is 41.1 Å². The molecule has 0 saturated heterocycles. The molecule has 0 bridgehead atoms. The standard InChI is InChI=1S/C26H30N4O4S/c1-26(2,3)34-25(33)30-16-20-13-19(15-27-24(20)28-22(31)17-30)6-7-23(32)29-10-8-18(9-11-29)14-21-5-4-12-35-21/h4-8,12-13,15H,9-11,14,16-17H2,1-3H3,(H,27,28,31). The number of anilines is 1. The Bertz CT molecular complexity index is 1160. The fourth-order valence-electron chi connectivity index (χ4n) is 3.90. The van der Waals surface area contributed by atoms with Gasteiger partial charge in [-0.05, 0) is 56.3 Å². The van der Waals surface area contributed by atoms with Gasteiger partial charge in [-0.2, -0.15) is 0 Å².